The third-order valence-corrected chi connectivity index (χ3v) is 6.16. The van der Waals surface area contributed by atoms with E-state index in [1.807, 2.05) is 24.3 Å². The maximum absolute atomic E-state index is 12.3. The molecule has 6 heteroatoms. The van der Waals surface area contributed by atoms with Crippen LogP contribution in [0, 0.1) is 13.8 Å². The quantitative estimate of drug-likeness (QED) is 0.297. The molecule has 0 bridgehead atoms. The Labute approximate surface area is 198 Å². The van der Waals surface area contributed by atoms with Crippen LogP contribution in [0.25, 0.3) is 22.5 Å². The fourth-order valence-electron chi connectivity index (χ4n) is 3.41. The van der Waals surface area contributed by atoms with Gasteiger partial charge in [0.1, 0.15) is 5.75 Å². The van der Waals surface area contributed by atoms with E-state index < -0.39 is 0 Å². The lowest BCUT2D eigenvalue weighted by atomic mass is 10.0. The average Bonchev–Trinajstić information content (AvgIpc) is 3.24. The van der Waals surface area contributed by atoms with Crippen molar-refractivity contribution >= 4 is 23.4 Å². The Kier molecular flexibility index (Phi) is 7.15. The molecule has 168 valence electrons. The van der Waals surface area contributed by atoms with E-state index in [2.05, 4.69) is 72.7 Å². The molecule has 4 rings (SSSR count). The number of aromatic amines is 1. The second kappa shape index (κ2) is 10.4. The van der Waals surface area contributed by atoms with Crippen molar-refractivity contribution in [3.63, 3.8) is 0 Å². The first-order valence-electron chi connectivity index (χ1n) is 10.8. The predicted octanol–water partition coefficient (Wildman–Crippen LogP) is 6.49. The third kappa shape index (κ3) is 5.84. The van der Waals surface area contributed by atoms with Gasteiger partial charge in [-0.2, -0.15) is 0 Å². The summed E-state index contributed by atoms with van der Waals surface area (Å²) >= 11 is 1.55. The summed E-state index contributed by atoms with van der Waals surface area (Å²) < 4.78 is 5.15. The zero-order valence-corrected chi connectivity index (χ0v) is 19.8. The van der Waals surface area contributed by atoms with Gasteiger partial charge in [0, 0.05) is 29.0 Å². The zero-order chi connectivity index (χ0) is 23.2. The van der Waals surface area contributed by atoms with E-state index in [1.165, 1.54) is 11.1 Å². The molecule has 0 unspecified atom stereocenters. The number of nitrogens with one attached hydrogen (secondary N) is 2. The highest BCUT2D eigenvalue weighted by Gasteiger charge is 2.15. The highest BCUT2D eigenvalue weighted by molar-refractivity contribution is 7.99. The van der Waals surface area contributed by atoms with Crippen molar-refractivity contribution in [1.82, 2.24) is 9.97 Å². The van der Waals surface area contributed by atoms with E-state index in [9.17, 15) is 4.79 Å². The van der Waals surface area contributed by atoms with Crippen LogP contribution in [0.3, 0.4) is 0 Å². The van der Waals surface area contributed by atoms with Crippen molar-refractivity contribution in [1.29, 1.82) is 0 Å². The van der Waals surface area contributed by atoms with Crippen molar-refractivity contribution < 1.29 is 9.53 Å². The molecule has 0 spiro atoms. The summed E-state index contributed by atoms with van der Waals surface area (Å²) in [5.41, 5.74) is 7.25. The minimum Gasteiger partial charge on any atom is -0.497 e. The van der Waals surface area contributed by atoms with E-state index in [0.29, 0.717) is 12.2 Å². The molecule has 0 saturated heterocycles. The summed E-state index contributed by atoms with van der Waals surface area (Å²) in [5, 5.41) is 3.72. The number of amides is 1. The van der Waals surface area contributed by atoms with E-state index in [4.69, 9.17) is 9.72 Å². The van der Waals surface area contributed by atoms with Crippen molar-refractivity contribution in [2.75, 3.05) is 18.2 Å². The van der Waals surface area contributed by atoms with Gasteiger partial charge in [-0.15, -0.1) is 0 Å². The molecule has 1 heterocycles. The number of benzene rings is 3. The van der Waals surface area contributed by atoms with Gasteiger partial charge in [-0.25, -0.2) is 4.98 Å². The molecule has 2 N–H and O–H groups in total. The van der Waals surface area contributed by atoms with Crippen molar-refractivity contribution in [2.45, 2.75) is 25.4 Å². The Balaban J connectivity index is 1.46. The molecule has 0 saturated carbocycles. The second-order valence-corrected chi connectivity index (χ2v) is 8.96. The number of imidazole rings is 1. The predicted molar refractivity (Wildman–Crippen MR) is 136 cm³/mol. The number of ether oxygens (including phenoxy) is 1. The third-order valence-electron chi connectivity index (χ3n) is 5.29. The maximum atomic E-state index is 12.3. The second-order valence-electron chi connectivity index (χ2n) is 7.87. The summed E-state index contributed by atoms with van der Waals surface area (Å²) in [6, 6.07) is 24.1. The molecule has 1 aromatic heterocycles. The van der Waals surface area contributed by atoms with E-state index in [-0.39, 0.29) is 5.91 Å². The molecule has 0 fully saturated rings. The van der Waals surface area contributed by atoms with Gasteiger partial charge in [0.05, 0.1) is 18.5 Å². The topological polar surface area (TPSA) is 67.0 Å². The van der Waals surface area contributed by atoms with Crippen LogP contribution in [0.4, 0.5) is 5.69 Å². The van der Waals surface area contributed by atoms with Crippen LogP contribution >= 0.6 is 11.8 Å². The van der Waals surface area contributed by atoms with Crippen LogP contribution in [0.1, 0.15) is 17.5 Å². The molecule has 3 aromatic carbocycles. The first kappa shape index (κ1) is 22.7. The summed E-state index contributed by atoms with van der Waals surface area (Å²) in [4.78, 5) is 20.7. The summed E-state index contributed by atoms with van der Waals surface area (Å²) in [6.07, 6.45) is 0.386. The van der Waals surface area contributed by atoms with Gasteiger partial charge in [-0.05, 0) is 38.1 Å². The molecule has 0 aliphatic carbocycles. The minimum atomic E-state index is -0.0308. The van der Waals surface area contributed by atoms with Crippen LogP contribution in [0.5, 0.6) is 5.75 Å². The molecular formula is C27H27N3O2S. The molecule has 0 radical (unpaired) electrons. The van der Waals surface area contributed by atoms with Gasteiger partial charge in [0.2, 0.25) is 5.91 Å². The van der Waals surface area contributed by atoms with Crippen LogP contribution in [0.2, 0.25) is 0 Å². The molecule has 4 aromatic rings. The Morgan fingerprint density at radius 2 is 1.52 bits per heavy atom. The lowest BCUT2D eigenvalue weighted by molar-refractivity contribution is -0.115. The molecule has 33 heavy (non-hydrogen) atoms. The van der Waals surface area contributed by atoms with Crippen molar-refractivity contribution in [3.8, 4) is 28.3 Å². The Hall–Kier alpha value is -3.51. The SMILES string of the molecule is COc1ccc(NC(=O)CCSc2nc(-c3ccc(C)cc3)c(-c3ccc(C)cc3)[nH]2)cc1. The molecule has 0 aliphatic rings. The number of aromatic nitrogens is 2. The Morgan fingerprint density at radius 3 is 2.12 bits per heavy atom. The molecular weight excluding hydrogens is 430 g/mol. The Bertz CT molecular complexity index is 1150. The summed E-state index contributed by atoms with van der Waals surface area (Å²) in [5.74, 6) is 1.35. The molecule has 1 amide bonds. The smallest absolute Gasteiger partial charge is 0.225 e. The first-order chi connectivity index (χ1) is 16.0. The number of H-pyrrole nitrogens is 1. The van der Waals surface area contributed by atoms with E-state index in [0.717, 1.165) is 39.1 Å². The van der Waals surface area contributed by atoms with Crippen molar-refractivity contribution in [2.24, 2.45) is 0 Å². The van der Waals surface area contributed by atoms with Gasteiger partial charge < -0.3 is 15.0 Å². The normalized spacial score (nSPS) is 10.8. The Morgan fingerprint density at radius 1 is 0.909 bits per heavy atom. The van der Waals surface area contributed by atoms with Crippen LogP contribution in [0.15, 0.2) is 78.0 Å². The number of hydrogen-bond donors (Lipinski definition) is 2. The maximum Gasteiger partial charge on any atom is 0.225 e. The van der Waals surface area contributed by atoms with Gasteiger partial charge >= 0.3 is 0 Å². The number of carbonyl (C=O) groups is 1. The van der Waals surface area contributed by atoms with E-state index in [1.54, 1.807) is 18.9 Å². The van der Waals surface area contributed by atoms with Gasteiger partial charge in [-0.1, -0.05) is 71.4 Å². The number of methoxy groups -OCH3 is 1. The average molecular weight is 458 g/mol. The number of carbonyl (C=O) groups excluding carboxylic acids is 1. The number of aryl methyl sites for hydroxylation is 2. The van der Waals surface area contributed by atoms with Crippen LogP contribution < -0.4 is 10.1 Å². The zero-order valence-electron chi connectivity index (χ0n) is 19.0. The monoisotopic (exact) mass is 457 g/mol. The van der Waals surface area contributed by atoms with Crippen molar-refractivity contribution in [3.05, 3.63) is 83.9 Å². The minimum absolute atomic E-state index is 0.0308. The number of hydrogen-bond acceptors (Lipinski definition) is 4. The largest absolute Gasteiger partial charge is 0.497 e. The summed E-state index contributed by atoms with van der Waals surface area (Å²) in [7, 11) is 1.62. The number of thioether (sulfide) groups is 1. The summed E-state index contributed by atoms with van der Waals surface area (Å²) in [6.45, 7) is 4.16. The van der Waals surface area contributed by atoms with Gasteiger partial charge in [0.15, 0.2) is 5.16 Å². The fraction of sp³-hybridized carbons (Fsp3) is 0.185. The van der Waals surface area contributed by atoms with Gasteiger partial charge in [-0.3, -0.25) is 4.79 Å². The molecule has 0 aliphatic heterocycles. The molecule has 0 atom stereocenters. The van der Waals surface area contributed by atoms with E-state index >= 15 is 0 Å². The highest BCUT2D eigenvalue weighted by Crippen LogP contribution is 2.33. The first-order valence-corrected chi connectivity index (χ1v) is 11.8. The number of nitrogens with zero attached hydrogens (tertiary/aromatic N) is 1. The standard InChI is InChI=1S/C27H27N3O2S/c1-18-4-8-20(9-5-18)25-26(21-10-6-19(2)7-11-21)30-27(29-25)33-17-16-24(31)28-22-12-14-23(32-3)15-13-22/h4-15H,16-17H2,1-3H3,(H,28,31)(H,29,30). The van der Waals surface area contributed by atoms with Crippen LogP contribution in [-0.2, 0) is 4.79 Å². The highest BCUT2D eigenvalue weighted by atomic mass is 32.2. The van der Waals surface area contributed by atoms with Gasteiger partial charge in [0.25, 0.3) is 0 Å². The molecule has 5 nitrogen and oxygen atoms in total. The number of anilines is 1. The van der Waals surface area contributed by atoms with Crippen LogP contribution in [-0.4, -0.2) is 28.7 Å². The number of rotatable bonds is 8. The lowest BCUT2D eigenvalue weighted by Gasteiger charge is -2.05. The fourth-order valence-corrected chi connectivity index (χ4v) is 4.22. The lowest BCUT2D eigenvalue weighted by Crippen LogP contribution is -2.12.